The average Bonchev–Trinajstić information content (AvgIpc) is 2.04. The van der Waals surface area contributed by atoms with Crippen LogP contribution in [0.25, 0.3) is 0 Å². The van der Waals surface area contributed by atoms with E-state index in [0.717, 1.165) is 0 Å². The highest BCUT2D eigenvalue weighted by Crippen LogP contribution is 2.23. The summed E-state index contributed by atoms with van der Waals surface area (Å²) in [5.74, 6) is 0. The summed E-state index contributed by atoms with van der Waals surface area (Å²) in [5, 5.41) is 0. The molecule has 0 amide bonds. The van der Waals surface area contributed by atoms with Crippen LogP contribution >= 0.6 is 0 Å². The second kappa shape index (κ2) is 3.10. The molecule has 1 rings (SSSR count). The Bertz CT molecular complexity index is 376. The van der Waals surface area contributed by atoms with Crippen LogP contribution in [0.1, 0.15) is 20.8 Å². The molecule has 0 bridgehead atoms. The third kappa shape index (κ3) is 1.88. The quantitative estimate of drug-likeness (QED) is 0.691. The van der Waals surface area contributed by atoms with Gasteiger partial charge in [-0.3, -0.25) is 4.98 Å². The molecule has 1 aromatic rings. The van der Waals surface area contributed by atoms with Gasteiger partial charge in [0.1, 0.15) is 0 Å². The molecule has 1 heterocycles. The van der Waals surface area contributed by atoms with Gasteiger partial charge < -0.3 is 0 Å². The summed E-state index contributed by atoms with van der Waals surface area (Å²) in [6.07, 6.45) is 2.93. The molecule has 3 nitrogen and oxygen atoms in total. The molecule has 0 radical (unpaired) electrons. The lowest BCUT2D eigenvalue weighted by Crippen LogP contribution is -2.27. The van der Waals surface area contributed by atoms with Crippen molar-refractivity contribution < 1.29 is 8.42 Å². The van der Waals surface area contributed by atoms with Gasteiger partial charge in [0, 0.05) is 12.4 Å². The van der Waals surface area contributed by atoms with E-state index in [1.807, 2.05) is 0 Å². The summed E-state index contributed by atoms with van der Waals surface area (Å²) in [4.78, 5) is 4.07. The molecule has 0 aliphatic rings. The lowest BCUT2D eigenvalue weighted by Gasteiger charge is -2.18. The summed E-state index contributed by atoms with van der Waals surface area (Å²) in [5.41, 5.74) is 0. The zero-order valence-corrected chi connectivity index (χ0v) is 8.80. The van der Waals surface area contributed by atoms with Gasteiger partial charge in [-0.1, -0.05) is 0 Å². The Morgan fingerprint density at radius 2 is 1.92 bits per heavy atom. The minimum Gasteiger partial charge on any atom is -0.263 e. The van der Waals surface area contributed by atoms with E-state index >= 15 is 0 Å². The van der Waals surface area contributed by atoms with Crippen molar-refractivity contribution in [3.05, 3.63) is 24.5 Å². The molecule has 0 aliphatic carbocycles. The van der Waals surface area contributed by atoms with Crippen LogP contribution < -0.4 is 0 Å². The van der Waals surface area contributed by atoms with Crippen molar-refractivity contribution in [1.29, 1.82) is 0 Å². The van der Waals surface area contributed by atoms with Gasteiger partial charge in [0.2, 0.25) is 0 Å². The number of hydrogen-bond acceptors (Lipinski definition) is 3. The third-order valence-electron chi connectivity index (χ3n) is 1.75. The Morgan fingerprint density at radius 3 is 2.31 bits per heavy atom. The van der Waals surface area contributed by atoms with Crippen LogP contribution in [0.4, 0.5) is 0 Å². The summed E-state index contributed by atoms with van der Waals surface area (Å²) in [6, 6.07) is 3.19. The topological polar surface area (TPSA) is 47.0 Å². The normalized spacial score (nSPS) is 12.8. The molecule has 0 atom stereocenters. The van der Waals surface area contributed by atoms with E-state index < -0.39 is 14.6 Å². The molecule has 0 unspecified atom stereocenters. The van der Waals surface area contributed by atoms with Crippen molar-refractivity contribution in [2.24, 2.45) is 0 Å². The van der Waals surface area contributed by atoms with Crippen LogP contribution in [0, 0.1) is 0 Å². The minimum absolute atomic E-state index is 0.280. The molecule has 4 heteroatoms. The number of nitrogens with zero attached hydrogens (tertiary/aromatic N) is 1. The van der Waals surface area contributed by atoms with Crippen molar-refractivity contribution in [3.63, 3.8) is 0 Å². The van der Waals surface area contributed by atoms with E-state index in [9.17, 15) is 8.42 Å². The van der Waals surface area contributed by atoms with Crippen molar-refractivity contribution in [1.82, 2.24) is 4.98 Å². The molecule has 0 N–H and O–H groups in total. The first kappa shape index (κ1) is 10.2. The van der Waals surface area contributed by atoms with Crippen LogP contribution in [0.15, 0.2) is 29.4 Å². The molecular weight excluding hydrogens is 186 g/mol. The first-order valence-electron chi connectivity index (χ1n) is 4.00. The van der Waals surface area contributed by atoms with E-state index in [1.54, 1.807) is 39.1 Å². The van der Waals surface area contributed by atoms with Crippen molar-refractivity contribution >= 4 is 9.84 Å². The summed E-state index contributed by atoms with van der Waals surface area (Å²) in [6.45, 7) is 5.03. The Hall–Kier alpha value is -0.900. The predicted octanol–water partition coefficient (Wildman–Crippen LogP) is 1.65. The second-order valence-electron chi connectivity index (χ2n) is 3.80. The Balaban J connectivity index is 3.26. The summed E-state index contributed by atoms with van der Waals surface area (Å²) >= 11 is 0. The van der Waals surface area contributed by atoms with Gasteiger partial charge >= 0.3 is 0 Å². The number of pyridine rings is 1. The number of rotatable bonds is 1. The van der Waals surface area contributed by atoms with Crippen LogP contribution in [-0.2, 0) is 9.84 Å². The molecule has 0 aliphatic heterocycles. The highest BCUT2D eigenvalue weighted by atomic mass is 32.2. The minimum atomic E-state index is -3.24. The van der Waals surface area contributed by atoms with E-state index in [0.29, 0.717) is 0 Å². The monoisotopic (exact) mass is 199 g/mol. The van der Waals surface area contributed by atoms with Crippen LogP contribution in [0.5, 0.6) is 0 Å². The zero-order valence-electron chi connectivity index (χ0n) is 7.98. The fraction of sp³-hybridized carbons (Fsp3) is 0.444. The fourth-order valence-corrected chi connectivity index (χ4v) is 2.02. The third-order valence-corrected chi connectivity index (χ3v) is 4.23. The van der Waals surface area contributed by atoms with Crippen molar-refractivity contribution in [3.8, 4) is 0 Å². The van der Waals surface area contributed by atoms with Crippen molar-refractivity contribution in [2.45, 2.75) is 30.4 Å². The van der Waals surface area contributed by atoms with Gasteiger partial charge in [-0.2, -0.15) is 0 Å². The SMILES string of the molecule is CC(C)(C)S(=O)(=O)c1cccnc1. The molecule has 0 spiro atoms. The standard InChI is InChI=1S/C9H13NO2S/c1-9(2,3)13(11,12)8-5-4-6-10-7-8/h4-7H,1-3H3. The molecule has 72 valence electrons. The number of sulfone groups is 1. The van der Waals surface area contributed by atoms with Crippen LogP contribution in [0.3, 0.4) is 0 Å². The van der Waals surface area contributed by atoms with Gasteiger partial charge in [0.05, 0.1) is 9.64 Å². The Morgan fingerprint density at radius 1 is 1.31 bits per heavy atom. The molecule has 0 saturated carbocycles. The lowest BCUT2D eigenvalue weighted by atomic mass is 10.3. The first-order valence-corrected chi connectivity index (χ1v) is 5.49. The first-order chi connectivity index (χ1) is 5.86. The second-order valence-corrected chi connectivity index (χ2v) is 6.51. The van der Waals surface area contributed by atoms with E-state index in [1.165, 1.54) is 6.20 Å². The van der Waals surface area contributed by atoms with Gasteiger partial charge in [-0.15, -0.1) is 0 Å². The van der Waals surface area contributed by atoms with E-state index in [4.69, 9.17) is 0 Å². The molecule has 0 saturated heterocycles. The zero-order chi connectivity index (χ0) is 10.1. The maximum absolute atomic E-state index is 11.8. The van der Waals surface area contributed by atoms with E-state index in [-0.39, 0.29) is 4.90 Å². The molecule has 0 aromatic carbocycles. The molecule has 0 fully saturated rings. The maximum atomic E-state index is 11.8. The van der Waals surface area contributed by atoms with Crippen molar-refractivity contribution in [2.75, 3.05) is 0 Å². The van der Waals surface area contributed by atoms with Gasteiger partial charge in [-0.25, -0.2) is 8.42 Å². The van der Waals surface area contributed by atoms with Gasteiger partial charge in [0.15, 0.2) is 9.84 Å². The summed E-state index contributed by atoms with van der Waals surface area (Å²) in [7, 11) is -3.24. The Kier molecular flexibility index (Phi) is 2.43. The average molecular weight is 199 g/mol. The van der Waals surface area contributed by atoms with Crippen LogP contribution in [0.2, 0.25) is 0 Å². The van der Waals surface area contributed by atoms with Gasteiger partial charge in [0.25, 0.3) is 0 Å². The smallest absolute Gasteiger partial charge is 0.184 e. The maximum Gasteiger partial charge on any atom is 0.184 e. The predicted molar refractivity (Wildman–Crippen MR) is 51.2 cm³/mol. The Labute approximate surface area is 78.7 Å². The number of aromatic nitrogens is 1. The van der Waals surface area contributed by atoms with Crippen LogP contribution in [-0.4, -0.2) is 18.1 Å². The molecular formula is C9H13NO2S. The number of hydrogen-bond donors (Lipinski definition) is 0. The largest absolute Gasteiger partial charge is 0.263 e. The molecule has 13 heavy (non-hydrogen) atoms. The lowest BCUT2D eigenvalue weighted by molar-refractivity contribution is 0.560. The highest BCUT2D eigenvalue weighted by molar-refractivity contribution is 7.92. The van der Waals surface area contributed by atoms with Gasteiger partial charge in [-0.05, 0) is 32.9 Å². The highest BCUT2D eigenvalue weighted by Gasteiger charge is 2.30. The van der Waals surface area contributed by atoms with E-state index in [2.05, 4.69) is 4.98 Å². The summed E-state index contributed by atoms with van der Waals surface area (Å²) < 4.78 is 22.9. The fourth-order valence-electron chi connectivity index (χ4n) is 0.860. The molecule has 1 aromatic heterocycles.